The van der Waals surface area contributed by atoms with Crippen molar-refractivity contribution >= 4 is 22.7 Å². The summed E-state index contributed by atoms with van der Waals surface area (Å²) in [6.45, 7) is 14.8. The maximum atomic E-state index is 12.7. The lowest BCUT2D eigenvalue weighted by Crippen LogP contribution is -2.32. The fourth-order valence-corrected chi connectivity index (χ4v) is 3.55. The van der Waals surface area contributed by atoms with Crippen LogP contribution in [-0.4, -0.2) is 24.3 Å². The molecule has 0 saturated carbocycles. The molecule has 138 valence electrons. The molecule has 2 aromatic rings. The molecule has 0 bridgehead atoms. The van der Waals surface area contributed by atoms with E-state index in [-0.39, 0.29) is 12.0 Å². The average molecular weight is 364 g/mol. The molecule has 1 aromatic carbocycles. The Morgan fingerprint density at radius 3 is 2.74 bits per heavy atom. The Hall–Kier alpha value is -3.20. The lowest BCUT2D eigenvalue weighted by Gasteiger charge is -2.26. The Morgan fingerprint density at radius 1 is 1.33 bits per heavy atom. The molecule has 2 heterocycles. The summed E-state index contributed by atoms with van der Waals surface area (Å²) < 4.78 is 11.1. The molecule has 6 heteroatoms. The first-order valence-corrected chi connectivity index (χ1v) is 8.72. The number of carbonyl (C=O) groups is 1. The van der Waals surface area contributed by atoms with Crippen molar-refractivity contribution in [2.24, 2.45) is 4.99 Å². The Bertz CT molecular complexity index is 1090. The summed E-state index contributed by atoms with van der Waals surface area (Å²) in [7, 11) is 0. The smallest absolute Gasteiger partial charge is 0.336 e. The number of aryl methyl sites for hydroxylation is 1. The zero-order valence-electron chi connectivity index (χ0n) is 15.7. The number of fused-ring (bicyclic) bond motifs is 1. The van der Waals surface area contributed by atoms with Gasteiger partial charge < -0.3 is 14.0 Å². The monoisotopic (exact) mass is 364 g/mol. The van der Waals surface area contributed by atoms with Gasteiger partial charge in [0.1, 0.15) is 17.3 Å². The summed E-state index contributed by atoms with van der Waals surface area (Å²) in [5.74, 6) is -0.650. The van der Waals surface area contributed by atoms with Gasteiger partial charge in [-0.25, -0.2) is 11.4 Å². The summed E-state index contributed by atoms with van der Waals surface area (Å²) in [6.07, 6.45) is 0. The maximum Gasteiger partial charge on any atom is 0.336 e. The Labute approximate surface area is 157 Å². The van der Waals surface area contributed by atoms with Crippen molar-refractivity contribution in [1.82, 2.24) is 0 Å². The molecule has 0 radical (unpaired) electrons. The molecule has 3 rings (SSSR count). The SMILES string of the molecule is [C-]#[N+]C1C(C)=NC(C)=C(C(=O)OCC)C1c1cccc2c(=O)cc(C)oc12. The number of ether oxygens (including phenoxy) is 1. The molecule has 0 amide bonds. The van der Waals surface area contributed by atoms with Crippen LogP contribution in [0.4, 0.5) is 0 Å². The first kappa shape index (κ1) is 18.6. The normalized spacial score (nSPS) is 19.6. The van der Waals surface area contributed by atoms with Crippen LogP contribution in [0.1, 0.15) is 38.0 Å². The number of benzene rings is 1. The van der Waals surface area contributed by atoms with E-state index in [9.17, 15) is 9.59 Å². The quantitative estimate of drug-likeness (QED) is 0.614. The van der Waals surface area contributed by atoms with E-state index in [1.807, 2.05) is 0 Å². The van der Waals surface area contributed by atoms with Crippen molar-refractivity contribution in [1.29, 1.82) is 0 Å². The molecule has 2 atom stereocenters. The molecule has 0 fully saturated rings. The zero-order valence-corrected chi connectivity index (χ0v) is 15.7. The second-order valence-corrected chi connectivity index (χ2v) is 6.47. The van der Waals surface area contributed by atoms with E-state index in [0.29, 0.717) is 39.3 Å². The Kier molecular flexibility index (Phi) is 4.95. The van der Waals surface area contributed by atoms with Gasteiger partial charge in [0, 0.05) is 17.3 Å². The number of hydrogen-bond acceptors (Lipinski definition) is 5. The van der Waals surface area contributed by atoms with E-state index < -0.39 is 17.9 Å². The van der Waals surface area contributed by atoms with E-state index in [4.69, 9.17) is 15.7 Å². The van der Waals surface area contributed by atoms with Crippen LogP contribution >= 0.6 is 0 Å². The number of carbonyl (C=O) groups excluding carboxylic acids is 1. The molecule has 2 unspecified atom stereocenters. The predicted molar refractivity (Wildman–Crippen MR) is 103 cm³/mol. The van der Waals surface area contributed by atoms with Crippen LogP contribution in [0.2, 0.25) is 0 Å². The van der Waals surface area contributed by atoms with Crippen LogP contribution in [0.15, 0.2) is 49.7 Å². The zero-order chi connectivity index (χ0) is 19.7. The van der Waals surface area contributed by atoms with Gasteiger partial charge in [-0.15, -0.1) is 0 Å². The lowest BCUT2D eigenvalue weighted by atomic mass is 9.79. The summed E-state index contributed by atoms with van der Waals surface area (Å²) >= 11 is 0. The van der Waals surface area contributed by atoms with Gasteiger partial charge in [0.05, 0.1) is 23.3 Å². The minimum absolute atomic E-state index is 0.158. The summed E-state index contributed by atoms with van der Waals surface area (Å²) in [5, 5.41) is 0.419. The predicted octanol–water partition coefficient (Wildman–Crippen LogP) is 3.78. The standard InChI is InChI=1S/C21H20N2O4/c1-6-26-21(25)17-12(3)23-13(4)19(22-5)18(17)15-9-7-8-14-16(24)10-11(2)27-20(14)15/h7-10,18-19H,6H2,1-4H3. The van der Waals surface area contributed by atoms with Crippen molar-refractivity contribution in [3.8, 4) is 0 Å². The van der Waals surface area contributed by atoms with Crippen molar-refractivity contribution in [3.05, 3.63) is 68.5 Å². The van der Waals surface area contributed by atoms with Crippen molar-refractivity contribution in [3.63, 3.8) is 0 Å². The molecule has 1 aliphatic heterocycles. The fraction of sp³-hybridized carbons (Fsp3) is 0.333. The topological polar surface area (TPSA) is 73.2 Å². The molecule has 1 aromatic heterocycles. The highest BCUT2D eigenvalue weighted by Crippen LogP contribution is 2.40. The number of nitrogens with zero attached hydrogens (tertiary/aromatic N) is 2. The molecule has 0 spiro atoms. The minimum Gasteiger partial charge on any atom is -0.463 e. The molecule has 0 aliphatic carbocycles. The second-order valence-electron chi connectivity index (χ2n) is 6.47. The fourth-order valence-electron chi connectivity index (χ4n) is 3.55. The number of allylic oxidation sites excluding steroid dienone is 1. The third-order valence-corrected chi connectivity index (χ3v) is 4.67. The van der Waals surface area contributed by atoms with Crippen LogP contribution in [0, 0.1) is 13.5 Å². The van der Waals surface area contributed by atoms with Crippen LogP contribution in [0.5, 0.6) is 0 Å². The summed E-state index contributed by atoms with van der Waals surface area (Å²) in [5.41, 5.74) is 2.32. The van der Waals surface area contributed by atoms with E-state index in [0.717, 1.165) is 0 Å². The highest BCUT2D eigenvalue weighted by Gasteiger charge is 2.43. The summed E-state index contributed by atoms with van der Waals surface area (Å²) in [4.78, 5) is 33.2. The number of esters is 1. The van der Waals surface area contributed by atoms with Crippen LogP contribution in [0.25, 0.3) is 15.8 Å². The maximum absolute atomic E-state index is 12.7. The molecular formula is C21H20N2O4. The van der Waals surface area contributed by atoms with E-state index in [1.165, 1.54) is 6.07 Å². The van der Waals surface area contributed by atoms with Gasteiger partial charge in [-0.05, 0) is 33.8 Å². The van der Waals surface area contributed by atoms with Gasteiger partial charge >= 0.3 is 5.97 Å². The van der Waals surface area contributed by atoms with E-state index in [1.54, 1.807) is 45.9 Å². The third kappa shape index (κ3) is 3.17. The van der Waals surface area contributed by atoms with Gasteiger partial charge in [-0.1, -0.05) is 12.1 Å². The number of hydrogen-bond donors (Lipinski definition) is 0. The largest absolute Gasteiger partial charge is 0.463 e. The van der Waals surface area contributed by atoms with Gasteiger partial charge in [0.2, 0.25) is 0 Å². The number of aliphatic imine (C=N–C) groups is 1. The van der Waals surface area contributed by atoms with Gasteiger partial charge in [-0.3, -0.25) is 9.79 Å². The Balaban J connectivity index is 2.34. The van der Waals surface area contributed by atoms with Gasteiger partial charge in [0.25, 0.3) is 6.04 Å². The molecule has 0 N–H and O–H groups in total. The number of rotatable bonds is 3. The second kappa shape index (κ2) is 7.20. The number of para-hydroxylation sites is 1. The molecule has 27 heavy (non-hydrogen) atoms. The van der Waals surface area contributed by atoms with Crippen molar-refractivity contribution in [2.75, 3.05) is 6.61 Å². The lowest BCUT2D eigenvalue weighted by molar-refractivity contribution is -0.138. The molecular weight excluding hydrogens is 344 g/mol. The van der Waals surface area contributed by atoms with Crippen LogP contribution in [0.3, 0.4) is 0 Å². The minimum atomic E-state index is -0.676. The molecule has 1 aliphatic rings. The average Bonchev–Trinajstić information content (AvgIpc) is 2.60. The van der Waals surface area contributed by atoms with Crippen molar-refractivity contribution < 1.29 is 13.9 Å². The molecule has 0 saturated heterocycles. The van der Waals surface area contributed by atoms with Gasteiger partial charge in [0.15, 0.2) is 5.43 Å². The highest BCUT2D eigenvalue weighted by atomic mass is 16.5. The van der Waals surface area contributed by atoms with Crippen LogP contribution < -0.4 is 5.43 Å². The highest BCUT2D eigenvalue weighted by molar-refractivity contribution is 6.01. The first-order valence-electron chi connectivity index (χ1n) is 8.72. The van der Waals surface area contributed by atoms with Gasteiger partial charge in [-0.2, -0.15) is 0 Å². The van der Waals surface area contributed by atoms with Crippen LogP contribution in [-0.2, 0) is 9.53 Å². The molecule has 6 nitrogen and oxygen atoms in total. The summed E-state index contributed by atoms with van der Waals surface area (Å²) in [6, 6.07) is 5.97. The van der Waals surface area contributed by atoms with Crippen molar-refractivity contribution in [2.45, 2.75) is 39.7 Å². The van der Waals surface area contributed by atoms with E-state index >= 15 is 0 Å². The Morgan fingerprint density at radius 2 is 2.07 bits per heavy atom. The first-order chi connectivity index (χ1) is 12.9. The van der Waals surface area contributed by atoms with E-state index in [2.05, 4.69) is 9.84 Å². The third-order valence-electron chi connectivity index (χ3n) is 4.67.